The second-order valence-electron chi connectivity index (χ2n) is 4.85. The molecule has 2 atom stereocenters. The largest absolute Gasteiger partial charge is 0.322 e. The number of nitro benzene ring substituents is 1. The zero-order chi connectivity index (χ0) is 15.4. The summed E-state index contributed by atoms with van der Waals surface area (Å²) in [5.41, 5.74) is 0.691. The second-order valence-corrected chi connectivity index (χ2v) is 6.41. The summed E-state index contributed by atoms with van der Waals surface area (Å²) in [6, 6.07) is 6.26. The van der Waals surface area contributed by atoms with Crippen LogP contribution in [-0.2, 0) is 15.6 Å². The Morgan fingerprint density at radius 1 is 1.52 bits per heavy atom. The van der Waals surface area contributed by atoms with Crippen LogP contribution in [0.25, 0.3) is 0 Å². The van der Waals surface area contributed by atoms with Gasteiger partial charge in [-0.15, -0.1) is 0 Å². The maximum Gasteiger partial charge on any atom is 0.269 e. The number of nitrogens with one attached hydrogen (secondary N) is 1. The number of carbonyl (C=O) groups is 1. The highest BCUT2D eigenvalue weighted by Crippen LogP contribution is 2.25. The first kappa shape index (κ1) is 15.6. The van der Waals surface area contributed by atoms with Crippen molar-refractivity contribution in [3.8, 4) is 0 Å². The third-order valence-corrected chi connectivity index (χ3v) is 4.17. The van der Waals surface area contributed by atoms with Gasteiger partial charge in [-0.25, -0.2) is 0 Å². The summed E-state index contributed by atoms with van der Waals surface area (Å²) in [5.74, 6) is 0.485. The molecule has 0 aromatic heterocycles. The fraction of sp³-hybridized carbons (Fsp3) is 0.462. The van der Waals surface area contributed by atoms with Crippen LogP contribution in [-0.4, -0.2) is 45.0 Å². The van der Waals surface area contributed by atoms with Gasteiger partial charge in [-0.3, -0.25) is 24.4 Å². The third-order valence-electron chi connectivity index (χ3n) is 3.31. The van der Waals surface area contributed by atoms with Gasteiger partial charge >= 0.3 is 0 Å². The lowest BCUT2D eigenvalue weighted by molar-refractivity contribution is -0.385. The fourth-order valence-corrected chi connectivity index (χ4v) is 2.87. The number of hydrogen-bond donors (Lipinski definition) is 1. The number of non-ortho nitro benzene ring substituents is 1. The van der Waals surface area contributed by atoms with Crippen molar-refractivity contribution in [3.05, 3.63) is 39.9 Å². The van der Waals surface area contributed by atoms with Crippen molar-refractivity contribution in [2.24, 2.45) is 0 Å². The van der Waals surface area contributed by atoms with Crippen molar-refractivity contribution in [3.63, 3.8) is 0 Å². The Kier molecular flexibility index (Phi) is 5.03. The molecule has 1 amide bonds. The maximum absolute atomic E-state index is 11.9. The lowest BCUT2D eigenvalue weighted by Crippen LogP contribution is -2.31. The molecule has 7 nitrogen and oxygen atoms in total. The topological polar surface area (TPSA) is 92.6 Å². The predicted molar refractivity (Wildman–Crippen MR) is 79.1 cm³/mol. The van der Waals surface area contributed by atoms with E-state index in [4.69, 9.17) is 0 Å². The molecule has 1 aliphatic heterocycles. The lowest BCUT2D eigenvalue weighted by atomic mass is 10.1. The Balaban J connectivity index is 2.13. The zero-order valence-corrected chi connectivity index (χ0v) is 12.5. The molecule has 0 radical (unpaired) electrons. The summed E-state index contributed by atoms with van der Waals surface area (Å²) in [4.78, 5) is 23.9. The van der Waals surface area contributed by atoms with Crippen molar-refractivity contribution < 1.29 is 13.9 Å². The minimum absolute atomic E-state index is 0.00302. The van der Waals surface area contributed by atoms with Crippen LogP contribution in [0.3, 0.4) is 0 Å². The van der Waals surface area contributed by atoms with Crippen molar-refractivity contribution in [2.75, 3.05) is 25.1 Å². The van der Waals surface area contributed by atoms with Crippen molar-refractivity contribution in [1.82, 2.24) is 10.2 Å². The van der Waals surface area contributed by atoms with E-state index in [0.29, 0.717) is 24.3 Å². The lowest BCUT2D eigenvalue weighted by Gasteiger charge is -2.24. The molecule has 1 heterocycles. The summed E-state index contributed by atoms with van der Waals surface area (Å²) >= 11 is 0. The Morgan fingerprint density at radius 2 is 2.29 bits per heavy atom. The van der Waals surface area contributed by atoms with Gasteiger partial charge in [0.15, 0.2) is 0 Å². The molecule has 1 aliphatic rings. The SMILES string of the molecule is CS(=O)CCCN1C(=O)CNC1c1cccc([N+](=O)[O-])c1. The van der Waals surface area contributed by atoms with Gasteiger partial charge in [0, 0.05) is 41.5 Å². The molecule has 114 valence electrons. The molecule has 1 aromatic rings. The van der Waals surface area contributed by atoms with Gasteiger partial charge in [-0.2, -0.15) is 0 Å². The number of benzene rings is 1. The summed E-state index contributed by atoms with van der Waals surface area (Å²) in [5, 5.41) is 13.9. The first-order valence-corrected chi connectivity index (χ1v) is 8.29. The summed E-state index contributed by atoms with van der Waals surface area (Å²) in [6.45, 7) is 0.696. The van der Waals surface area contributed by atoms with E-state index in [1.54, 1.807) is 23.3 Å². The highest BCUT2D eigenvalue weighted by Gasteiger charge is 2.31. The van der Waals surface area contributed by atoms with Crippen LogP contribution in [0.1, 0.15) is 18.2 Å². The van der Waals surface area contributed by atoms with Gasteiger partial charge in [0.25, 0.3) is 5.69 Å². The Hall–Kier alpha value is -1.80. The van der Waals surface area contributed by atoms with E-state index in [9.17, 15) is 19.1 Å². The summed E-state index contributed by atoms with van der Waals surface area (Å²) in [6.07, 6.45) is 1.91. The van der Waals surface area contributed by atoms with E-state index < -0.39 is 15.7 Å². The van der Waals surface area contributed by atoms with E-state index in [0.717, 1.165) is 0 Å². The fourth-order valence-electron chi connectivity index (χ4n) is 2.34. The van der Waals surface area contributed by atoms with Crippen molar-refractivity contribution in [2.45, 2.75) is 12.6 Å². The molecule has 0 saturated carbocycles. The smallest absolute Gasteiger partial charge is 0.269 e. The van der Waals surface area contributed by atoms with Crippen LogP contribution in [0, 0.1) is 10.1 Å². The van der Waals surface area contributed by atoms with Crippen LogP contribution in [0.5, 0.6) is 0 Å². The van der Waals surface area contributed by atoms with E-state index in [-0.39, 0.29) is 24.3 Å². The first-order chi connectivity index (χ1) is 9.99. The van der Waals surface area contributed by atoms with Gasteiger partial charge < -0.3 is 4.90 Å². The van der Waals surface area contributed by atoms with E-state index in [1.165, 1.54) is 12.1 Å². The molecule has 0 aliphatic carbocycles. The number of carbonyl (C=O) groups excluding carboxylic acids is 1. The van der Waals surface area contributed by atoms with Crippen molar-refractivity contribution >= 4 is 22.4 Å². The molecule has 0 bridgehead atoms. The molecular weight excluding hydrogens is 294 g/mol. The zero-order valence-electron chi connectivity index (χ0n) is 11.7. The molecule has 2 unspecified atom stereocenters. The van der Waals surface area contributed by atoms with Gasteiger partial charge in [0.05, 0.1) is 11.5 Å². The van der Waals surface area contributed by atoms with Crippen LogP contribution in [0.4, 0.5) is 5.69 Å². The number of hydrogen-bond acceptors (Lipinski definition) is 5. The monoisotopic (exact) mass is 311 g/mol. The quantitative estimate of drug-likeness (QED) is 0.619. The number of rotatable bonds is 6. The van der Waals surface area contributed by atoms with E-state index in [2.05, 4.69) is 5.32 Å². The average molecular weight is 311 g/mol. The van der Waals surface area contributed by atoms with E-state index in [1.807, 2.05) is 0 Å². The van der Waals surface area contributed by atoms with Crippen LogP contribution >= 0.6 is 0 Å². The average Bonchev–Trinajstić information content (AvgIpc) is 2.80. The number of nitrogens with zero attached hydrogens (tertiary/aromatic N) is 2. The Morgan fingerprint density at radius 3 is 2.95 bits per heavy atom. The van der Waals surface area contributed by atoms with Crippen LogP contribution in [0.2, 0.25) is 0 Å². The van der Waals surface area contributed by atoms with Gasteiger partial charge in [0.2, 0.25) is 5.91 Å². The first-order valence-electron chi connectivity index (χ1n) is 6.56. The summed E-state index contributed by atoms with van der Waals surface area (Å²) in [7, 11) is -0.890. The molecule has 1 saturated heterocycles. The second kappa shape index (κ2) is 6.77. The predicted octanol–water partition coefficient (Wildman–Crippen LogP) is 0.794. The molecule has 8 heteroatoms. The van der Waals surface area contributed by atoms with Crippen molar-refractivity contribution in [1.29, 1.82) is 0 Å². The molecule has 21 heavy (non-hydrogen) atoms. The van der Waals surface area contributed by atoms with Gasteiger partial charge in [-0.1, -0.05) is 12.1 Å². The van der Waals surface area contributed by atoms with E-state index >= 15 is 0 Å². The highest BCUT2D eigenvalue weighted by atomic mass is 32.2. The maximum atomic E-state index is 11.9. The summed E-state index contributed by atoms with van der Waals surface area (Å²) < 4.78 is 11.1. The normalized spacial score (nSPS) is 19.8. The minimum Gasteiger partial charge on any atom is -0.322 e. The van der Waals surface area contributed by atoms with Gasteiger partial charge in [0.1, 0.15) is 6.17 Å². The number of nitro groups is 1. The molecule has 1 fully saturated rings. The molecular formula is C13H17N3O4S. The standard InChI is InChI=1S/C13H17N3O4S/c1-21(20)7-3-6-15-12(17)9-14-13(15)10-4-2-5-11(8-10)16(18)19/h2,4-5,8,13-14H,3,6-7,9H2,1H3. The van der Waals surface area contributed by atoms with Crippen LogP contribution < -0.4 is 5.32 Å². The molecule has 1 N–H and O–H groups in total. The van der Waals surface area contributed by atoms with Gasteiger partial charge in [-0.05, 0) is 12.0 Å². The molecule has 2 rings (SSSR count). The molecule has 0 spiro atoms. The minimum atomic E-state index is -0.890. The molecule has 1 aromatic carbocycles. The Labute approximate surface area is 124 Å². The highest BCUT2D eigenvalue weighted by molar-refractivity contribution is 7.84. The third kappa shape index (κ3) is 3.85. The van der Waals surface area contributed by atoms with Crippen LogP contribution in [0.15, 0.2) is 24.3 Å². The number of amides is 1. The Bertz CT molecular complexity index is 578.